The fourth-order valence-corrected chi connectivity index (χ4v) is 3.90. The third-order valence-corrected chi connectivity index (χ3v) is 5.69. The molecule has 0 amide bonds. The van der Waals surface area contributed by atoms with Crippen molar-refractivity contribution in [2.24, 2.45) is 0 Å². The number of fused-ring (bicyclic) bond motifs is 1. The van der Waals surface area contributed by atoms with Crippen molar-refractivity contribution in [3.63, 3.8) is 0 Å². The number of Topliss-reactive ketones (excluding diaryl/α,β-unsaturated/α-hetero) is 2. The first kappa shape index (κ1) is 23.0. The van der Waals surface area contributed by atoms with Gasteiger partial charge in [-0.05, 0) is 41.1 Å². The molecular weight excluding hydrogens is 430 g/mol. The highest BCUT2D eigenvalue weighted by atomic mass is 16.5. The van der Waals surface area contributed by atoms with Gasteiger partial charge in [0.25, 0.3) is 0 Å². The van der Waals surface area contributed by atoms with Crippen LogP contribution in [0, 0.1) is 0 Å². The van der Waals surface area contributed by atoms with E-state index in [1.807, 2.05) is 42.5 Å². The summed E-state index contributed by atoms with van der Waals surface area (Å²) in [6.07, 6.45) is 0.104. The Labute approximate surface area is 198 Å². The normalized spacial score (nSPS) is 10.7. The number of nitrogens with zero attached hydrogens (tertiary/aromatic N) is 1. The van der Waals surface area contributed by atoms with Crippen LogP contribution in [-0.4, -0.2) is 37.9 Å². The summed E-state index contributed by atoms with van der Waals surface area (Å²) in [6.45, 7) is 0. The van der Waals surface area contributed by atoms with Crippen molar-refractivity contribution in [3.05, 3.63) is 84.1 Å². The number of ketones is 2. The van der Waals surface area contributed by atoms with Crippen molar-refractivity contribution >= 4 is 22.3 Å². The van der Waals surface area contributed by atoms with Crippen molar-refractivity contribution in [1.82, 2.24) is 4.98 Å². The van der Waals surface area contributed by atoms with Gasteiger partial charge < -0.3 is 14.2 Å². The van der Waals surface area contributed by atoms with Crippen molar-refractivity contribution in [2.45, 2.75) is 12.8 Å². The monoisotopic (exact) mass is 455 g/mol. The van der Waals surface area contributed by atoms with Gasteiger partial charge in [-0.15, -0.1) is 0 Å². The van der Waals surface area contributed by atoms with Crippen LogP contribution >= 0.6 is 0 Å². The molecule has 34 heavy (non-hydrogen) atoms. The molecule has 0 aliphatic heterocycles. The molecule has 0 saturated carbocycles. The van der Waals surface area contributed by atoms with Crippen LogP contribution in [0.25, 0.3) is 22.0 Å². The molecular formula is C28H25NO5. The lowest BCUT2D eigenvalue weighted by atomic mass is 10.00. The Balaban J connectivity index is 1.57. The van der Waals surface area contributed by atoms with Gasteiger partial charge in [0.15, 0.2) is 23.1 Å². The van der Waals surface area contributed by atoms with Crippen molar-refractivity contribution < 1.29 is 23.8 Å². The average Bonchev–Trinajstić information content (AvgIpc) is 2.90. The van der Waals surface area contributed by atoms with E-state index in [0.29, 0.717) is 34.2 Å². The zero-order chi connectivity index (χ0) is 24.1. The number of carbonyl (C=O) groups excluding carboxylic acids is 2. The van der Waals surface area contributed by atoms with Crippen LogP contribution in [0.3, 0.4) is 0 Å². The first-order chi connectivity index (χ1) is 16.5. The maximum Gasteiger partial charge on any atom is 0.181 e. The molecule has 172 valence electrons. The van der Waals surface area contributed by atoms with Crippen molar-refractivity contribution in [3.8, 4) is 28.5 Å². The minimum absolute atomic E-state index is 0.0431. The Bertz CT molecular complexity index is 1360. The van der Waals surface area contributed by atoms with E-state index in [4.69, 9.17) is 14.2 Å². The molecule has 4 aromatic rings. The lowest BCUT2D eigenvalue weighted by molar-refractivity contribution is 0.0915. The maximum absolute atomic E-state index is 13.0. The molecule has 0 radical (unpaired) electrons. The number of benzene rings is 3. The molecule has 0 aliphatic carbocycles. The Kier molecular flexibility index (Phi) is 6.87. The molecule has 0 bridgehead atoms. The standard InChI is InChI=1S/C28H25NO5/c1-32-25-15-11-19(17-27(25)34-3)23(30)13-14-24(31)22-12-16-26(33-2)28(29-22)21-10-6-8-18-7-4-5-9-20(18)21/h4-12,15-17H,13-14H2,1-3H3. The summed E-state index contributed by atoms with van der Waals surface area (Å²) in [7, 11) is 4.62. The fourth-order valence-electron chi connectivity index (χ4n) is 3.90. The summed E-state index contributed by atoms with van der Waals surface area (Å²) in [5.41, 5.74) is 2.23. The summed E-state index contributed by atoms with van der Waals surface area (Å²) >= 11 is 0. The molecule has 0 atom stereocenters. The van der Waals surface area contributed by atoms with E-state index in [1.165, 1.54) is 14.2 Å². The molecule has 4 rings (SSSR count). The topological polar surface area (TPSA) is 74.7 Å². The molecule has 0 saturated heterocycles. The smallest absolute Gasteiger partial charge is 0.181 e. The Morgan fingerprint density at radius 3 is 2.15 bits per heavy atom. The second-order valence-corrected chi connectivity index (χ2v) is 7.69. The predicted molar refractivity (Wildman–Crippen MR) is 131 cm³/mol. The summed E-state index contributed by atoms with van der Waals surface area (Å²) < 4.78 is 16.0. The highest BCUT2D eigenvalue weighted by Crippen LogP contribution is 2.34. The van der Waals surface area contributed by atoms with Gasteiger partial charge in [-0.25, -0.2) is 4.98 Å². The lowest BCUT2D eigenvalue weighted by Crippen LogP contribution is -2.08. The number of carbonyl (C=O) groups is 2. The summed E-state index contributed by atoms with van der Waals surface area (Å²) in [4.78, 5) is 30.3. The molecule has 0 aliphatic rings. The number of pyridine rings is 1. The van der Waals surface area contributed by atoms with Crippen LogP contribution in [0.4, 0.5) is 0 Å². The first-order valence-corrected chi connectivity index (χ1v) is 10.9. The third-order valence-electron chi connectivity index (χ3n) is 5.69. The SMILES string of the molecule is COc1ccc(C(=O)CCC(=O)c2ccc(OC)c(-c3cccc4ccccc34)n2)cc1OC. The van der Waals surface area contributed by atoms with Crippen LogP contribution in [0.2, 0.25) is 0 Å². The number of methoxy groups -OCH3 is 3. The molecule has 6 heteroatoms. The predicted octanol–water partition coefficient (Wildman–Crippen LogP) is 5.77. The fraction of sp³-hybridized carbons (Fsp3) is 0.179. The van der Waals surface area contributed by atoms with Crippen LogP contribution < -0.4 is 14.2 Å². The van der Waals surface area contributed by atoms with Gasteiger partial charge in [0.1, 0.15) is 17.1 Å². The van der Waals surface area contributed by atoms with E-state index >= 15 is 0 Å². The molecule has 0 fully saturated rings. The Morgan fingerprint density at radius 1 is 0.706 bits per heavy atom. The van der Waals surface area contributed by atoms with Gasteiger partial charge in [-0.1, -0.05) is 42.5 Å². The van der Waals surface area contributed by atoms with Gasteiger partial charge in [-0.3, -0.25) is 9.59 Å². The summed E-state index contributed by atoms with van der Waals surface area (Å²) in [5.74, 6) is 1.22. The van der Waals surface area contributed by atoms with Gasteiger partial charge in [0.2, 0.25) is 0 Å². The molecule has 0 unspecified atom stereocenters. The minimum atomic E-state index is -0.210. The Hall–Kier alpha value is -4.19. The summed E-state index contributed by atoms with van der Waals surface area (Å²) in [5, 5.41) is 2.09. The number of aromatic nitrogens is 1. The van der Waals surface area contributed by atoms with E-state index in [2.05, 4.69) is 4.98 Å². The molecule has 3 aromatic carbocycles. The van der Waals surface area contributed by atoms with Crippen molar-refractivity contribution in [2.75, 3.05) is 21.3 Å². The lowest BCUT2D eigenvalue weighted by Gasteiger charge is -2.12. The van der Waals surface area contributed by atoms with E-state index in [1.54, 1.807) is 37.4 Å². The molecule has 0 spiro atoms. The Morgan fingerprint density at radius 2 is 1.38 bits per heavy atom. The average molecular weight is 456 g/mol. The van der Waals surface area contributed by atoms with E-state index < -0.39 is 0 Å². The molecule has 6 nitrogen and oxygen atoms in total. The minimum Gasteiger partial charge on any atom is -0.494 e. The highest BCUT2D eigenvalue weighted by Gasteiger charge is 2.18. The molecule has 1 heterocycles. The largest absolute Gasteiger partial charge is 0.494 e. The third kappa shape index (κ3) is 4.62. The maximum atomic E-state index is 13.0. The first-order valence-electron chi connectivity index (χ1n) is 10.9. The second kappa shape index (κ2) is 10.2. The molecule has 0 N–H and O–H groups in total. The summed E-state index contributed by atoms with van der Waals surface area (Å²) in [6, 6.07) is 22.3. The van der Waals surface area contributed by atoms with E-state index in [-0.39, 0.29) is 24.4 Å². The van der Waals surface area contributed by atoms with Crippen LogP contribution in [-0.2, 0) is 0 Å². The zero-order valence-electron chi connectivity index (χ0n) is 19.3. The quantitative estimate of drug-likeness (QED) is 0.298. The van der Waals surface area contributed by atoms with E-state index in [0.717, 1.165) is 16.3 Å². The van der Waals surface area contributed by atoms with Gasteiger partial charge in [-0.2, -0.15) is 0 Å². The van der Waals surface area contributed by atoms with Gasteiger partial charge >= 0.3 is 0 Å². The second-order valence-electron chi connectivity index (χ2n) is 7.69. The van der Waals surface area contributed by atoms with Crippen LogP contribution in [0.5, 0.6) is 17.2 Å². The van der Waals surface area contributed by atoms with Crippen LogP contribution in [0.15, 0.2) is 72.8 Å². The number of hydrogen-bond donors (Lipinski definition) is 0. The number of hydrogen-bond acceptors (Lipinski definition) is 6. The van der Waals surface area contributed by atoms with Crippen LogP contribution in [0.1, 0.15) is 33.7 Å². The van der Waals surface area contributed by atoms with Crippen molar-refractivity contribution in [1.29, 1.82) is 0 Å². The highest BCUT2D eigenvalue weighted by molar-refractivity contribution is 6.02. The number of ether oxygens (including phenoxy) is 3. The number of rotatable bonds is 9. The molecule has 1 aromatic heterocycles. The zero-order valence-corrected chi connectivity index (χ0v) is 19.3. The van der Waals surface area contributed by atoms with Gasteiger partial charge in [0.05, 0.1) is 21.3 Å². The van der Waals surface area contributed by atoms with E-state index in [9.17, 15) is 9.59 Å². The van der Waals surface area contributed by atoms with Gasteiger partial charge in [0, 0.05) is 24.0 Å².